The summed E-state index contributed by atoms with van der Waals surface area (Å²) in [6, 6.07) is 14.0. The molecular weight excluding hydrogens is 334 g/mol. The molecule has 0 aliphatic carbocycles. The second-order valence-corrected chi connectivity index (χ2v) is 5.00. The third-order valence-corrected chi connectivity index (χ3v) is 3.17. The summed E-state index contributed by atoms with van der Waals surface area (Å²) >= 11 is 0. The van der Waals surface area contributed by atoms with Gasteiger partial charge in [0.15, 0.2) is 0 Å². The number of rotatable bonds is 6. The van der Waals surface area contributed by atoms with Gasteiger partial charge in [-0.15, -0.1) is 6.42 Å². The zero-order valence-electron chi connectivity index (χ0n) is 13.5. The molecule has 0 fully saturated rings. The zero-order valence-corrected chi connectivity index (χ0v) is 13.5. The SMILES string of the molecule is C#CCOc1cccc(/C=C(/C#N)C(=O)Nc2cccc([N+](=O)[O-])c2)c1. The molecule has 0 atom stereocenters. The van der Waals surface area contributed by atoms with E-state index in [0.29, 0.717) is 11.3 Å². The van der Waals surface area contributed by atoms with Crippen molar-refractivity contribution in [2.45, 2.75) is 0 Å². The number of nitro benzene ring substituents is 1. The smallest absolute Gasteiger partial charge is 0.271 e. The first-order valence-corrected chi connectivity index (χ1v) is 7.37. The van der Waals surface area contributed by atoms with Crippen LogP contribution in [-0.4, -0.2) is 17.4 Å². The van der Waals surface area contributed by atoms with Crippen molar-refractivity contribution in [2.24, 2.45) is 0 Å². The molecule has 128 valence electrons. The molecule has 2 rings (SSSR count). The quantitative estimate of drug-likeness (QED) is 0.284. The van der Waals surface area contributed by atoms with Crippen LogP contribution in [0.3, 0.4) is 0 Å². The largest absolute Gasteiger partial charge is 0.481 e. The molecule has 2 aromatic carbocycles. The Bertz CT molecular complexity index is 952. The average Bonchev–Trinajstić information content (AvgIpc) is 2.64. The number of nitriles is 1. The Balaban J connectivity index is 2.20. The van der Waals surface area contributed by atoms with Crippen molar-refractivity contribution < 1.29 is 14.5 Å². The van der Waals surface area contributed by atoms with Crippen LogP contribution in [0.25, 0.3) is 6.08 Å². The molecule has 0 saturated heterocycles. The van der Waals surface area contributed by atoms with Crippen molar-refractivity contribution >= 4 is 23.4 Å². The fourth-order valence-corrected chi connectivity index (χ4v) is 2.03. The highest BCUT2D eigenvalue weighted by atomic mass is 16.6. The van der Waals surface area contributed by atoms with Crippen LogP contribution in [0, 0.1) is 33.8 Å². The predicted molar refractivity (Wildman–Crippen MR) is 96.1 cm³/mol. The summed E-state index contributed by atoms with van der Waals surface area (Å²) in [4.78, 5) is 22.5. The molecule has 0 heterocycles. The number of non-ortho nitro benzene ring substituents is 1. The molecule has 0 spiro atoms. The van der Waals surface area contributed by atoms with Gasteiger partial charge in [-0.25, -0.2) is 0 Å². The number of hydrogen-bond donors (Lipinski definition) is 1. The minimum absolute atomic E-state index is 0.103. The van der Waals surface area contributed by atoms with Crippen LogP contribution in [0.2, 0.25) is 0 Å². The van der Waals surface area contributed by atoms with Gasteiger partial charge >= 0.3 is 0 Å². The molecule has 0 unspecified atom stereocenters. The van der Waals surface area contributed by atoms with E-state index >= 15 is 0 Å². The van der Waals surface area contributed by atoms with Crippen molar-refractivity contribution in [3.05, 3.63) is 69.8 Å². The molecule has 7 heteroatoms. The Labute approximate surface area is 149 Å². The molecule has 0 aliphatic heterocycles. The van der Waals surface area contributed by atoms with E-state index in [-0.39, 0.29) is 23.6 Å². The monoisotopic (exact) mass is 347 g/mol. The molecule has 0 aliphatic rings. The number of ether oxygens (including phenoxy) is 1. The first-order chi connectivity index (χ1) is 12.5. The zero-order chi connectivity index (χ0) is 18.9. The second kappa shape index (κ2) is 8.67. The van der Waals surface area contributed by atoms with Gasteiger partial charge in [-0.1, -0.05) is 24.1 Å². The minimum Gasteiger partial charge on any atom is -0.481 e. The number of amides is 1. The van der Waals surface area contributed by atoms with Crippen LogP contribution in [0.4, 0.5) is 11.4 Å². The summed E-state index contributed by atoms with van der Waals surface area (Å²) in [7, 11) is 0. The lowest BCUT2D eigenvalue weighted by Crippen LogP contribution is -2.13. The summed E-state index contributed by atoms with van der Waals surface area (Å²) in [5.41, 5.74) is 0.468. The summed E-state index contributed by atoms with van der Waals surface area (Å²) in [6.45, 7) is 0.103. The fourth-order valence-electron chi connectivity index (χ4n) is 2.03. The second-order valence-electron chi connectivity index (χ2n) is 5.00. The van der Waals surface area contributed by atoms with Crippen molar-refractivity contribution in [2.75, 3.05) is 11.9 Å². The number of hydrogen-bond acceptors (Lipinski definition) is 5. The number of nitro groups is 1. The van der Waals surface area contributed by atoms with E-state index in [9.17, 15) is 20.2 Å². The molecule has 0 radical (unpaired) electrons. The van der Waals surface area contributed by atoms with E-state index in [1.165, 1.54) is 30.3 Å². The highest BCUT2D eigenvalue weighted by molar-refractivity contribution is 6.09. The number of nitrogens with one attached hydrogen (secondary N) is 1. The molecule has 7 nitrogen and oxygen atoms in total. The topological polar surface area (TPSA) is 105 Å². The fraction of sp³-hybridized carbons (Fsp3) is 0.0526. The van der Waals surface area contributed by atoms with E-state index in [2.05, 4.69) is 11.2 Å². The number of carbonyl (C=O) groups excluding carboxylic acids is 1. The maximum absolute atomic E-state index is 12.3. The highest BCUT2D eigenvalue weighted by Crippen LogP contribution is 2.19. The van der Waals surface area contributed by atoms with E-state index in [0.717, 1.165) is 0 Å². The molecule has 0 saturated carbocycles. The van der Waals surface area contributed by atoms with Crippen molar-refractivity contribution in [1.29, 1.82) is 5.26 Å². The van der Waals surface area contributed by atoms with Crippen LogP contribution in [-0.2, 0) is 4.79 Å². The first kappa shape index (κ1) is 18.2. The van der Waals surface area contributed by atoms with Gasteiger partial charge in [-0.05, 0) is 29.8 Å². The van der Waals surface area contributed by atoms with Gasteiger partial charge in [0.25, 0.3) is 11.6 Å². The summed E-state index contributed by atoms with van der Waals surface area (Å²) in [5.74, 6) is 2.17. The van der Waals surface area contributed by atoms with Crippen molar-refractivity contribution in [3.63, 3.8) is 0 Å². The molecule has 1 N–H and O–H groups in total. The van der Waals surface area contributed by atoms with Gasteiger partial charge < -0.3 is 10.1 Å². The third kappa shape index (κ3) is 4.95. The Kier molecular flexibility index (Phi) is 6.08. The average molecular weight is 347 g/mol. The van der Waals surface area contributed by atoms with E-state index in [4.69, 9.17) is 11.2 Å². The van der Waals surface area contributed by atoms with Crippen molar-refractivity contribution in [1.82, 2.24) is 0 Å². The maximum atomic E-state index is 12.3. The van der Waals surface area contributed by atoms with E-state index in [1.807, 2.05) is 6.07 Å². The Morgan fingerprint density at radius 2 is 2.08 bits per heavy atom. The van der Waals surface area contributed by atoms with Gasteiger partial charge in [-0.3, -0.25) is 14.9 Å². The number of benzene rings is 2. The Morgan fingerprint density at radius 3 is 2.77 bits per heavy atom. The number of anilines is 1. The minimum atomic E-state index is -0.678. The van der Waals surface area contributed by atoms with E-state index < -0.39 is 10.8 Å². The molecule has 1 amide bonds. The summed E-state index contributed by atoms with van der Waals surface area (Å²) in [5, 5.41) is 22.5. The number of nitrogens with zero attached hydrogens (tertiary/aromatic N) is 2. The van der Waals surface area contributed by atoms with Gasteiger partial charge in [0.05, 0.1) is 4.92 Å². The number of terminal acetylenes is 1. The van der Waals surface area contributed by atoms with Gasteiger partial charge in [0.2, 0.25) is 0 Å². The lowest BCUT2D eigenvalue weighted by atomic mass is 10.1. The van der Waals surface area contributed by atoms with Crippen LogP contribution in [0.1, 0.15) is 5.56 Å². The molecule has 26 heavy (non-hydrogen) atoms. The number of carbonyl (C=O) groups is 1. The van der Waals surface area contributed by atoms with Crippen molar-refractivity contribution in [3.8, 4) is 24.2 Å². The molecule has 2 aromatic rings. The van der Waals surface area contributed by atoms with Gasteiger partial charge in [-0.2, -0.15) is 5.26 Å². The summed E-state index contributed by atoms with van der Waals surface area (Å²) in [6.07, 6.45) is 6.52. The molecule has 0 aromatic heterocycles. The lowest BCUT2D eigenvalue weighted by Gasteiger charge is -2.05. The normalized spacial score (nSPS) is 10.3. The van der Waals surface area contributed by atoms with Crippen LogP contribution >= 0.6 is 0 Å². The van der Waals surface area contributed by atoms with Gasteiger partial charge in [0, 0.05) is 17.8 Å². The third-order valence-electron chi connectivity index (χ3n) is 3.17. The Hall–Kier alpha value is -4.10. The van der Waals surface area contributed by atoms with E-state index in [1.54, 1.807) is 24.3 Å². The summed E-state index contributed by atoms with van der Waals surface area (Å²) < 4.78 is 5.29. The van der Waals surface area contributed by atoms with Crippen LogP contribution in [0.5, 0.6) is 5.75 Å². The highest BCUT2D eigenvalue weighted by Gasteiger charge is 2.12. The Morgan fingerprint density at radius 1 is 1.31 bits per heavy atom. The lowest BCUT2D eigenvalue weighted by molar-refractivity contribution is -0.384. The molecule has 0 bridgehead atoms. The van der Waals surface area contributed by atoms with Gasteiger partial charge in [0.1, 0.15) is 24.0 Å². The first-order valence-electron chi connectivity index (χ1n) is 7.37. The van der Waals surface area contributed by atoms with Crippen LogP contribution < -0.4 is 10.1 Å². The predicted octanol–water partition coefficient (Wildman–Crippen LogP) is 3.15. The molecular formula is C19H13N3O4. The van der Waals surface area contributed by atoms with Crippen LogP contribution in [0.15, 0.2) is 54.1 Å². The maximum Gasteiger partial charge on any atom is 0.271 e. The standard InChI is InChI=1S/C19H13N3O4/c1-2-9-26-18-8-3-5-14(11-18)10-15(13-20)19(23)21-16-6-4-7-17(12-16)22(24)25/h1,3-8,10-12H,9H2,(H,21,23)/b15-10-.